The average Bonchev–Trinajstić information content (AvgIpc) is 2.89. The smallest absolute Gasteiger partial charge is 0.262 e. The van der Waals surface area contributed by atoms with Crippen LogP contribution in [0.15, 0.2) is 60.7 Å². The molecule has 1 amide bonds. The molecule has 0 atom stereocenters. The maximum Gasteiger partial charge on any atom is 0.262 e. The molecule has 0 spiro atoms. The molecule has 1 fully saturated rings. The Kier molecular flexibility index (Phi) is 8.05. The Morgan fingerprint density at radius 2 is 1.67 bits per heavy atom. The van der Waals surface area contributed by atoms with E-state index >= 15 is 0 Å². The molecule has 0 radical (unpaired) electrons. The number of halogens is 1. The van der Waals surface area contributed by atoms with Crippen LogP contribution in [0.5, 0.6) is 11.5 Å². The minimum absolute atomic E-state index is 0.147. The van der Waals surface area contributed by atoms with Gasteiger partial charge in [0.15, 0.2) is 18.1 Å². The summed E-state index contributed by atoms with van der Waals surface area (Å²) >= 11 is 5.75. The summed E-state index contributed by atoms with van der Waals surface area (Å²) in [6.07, 6.45) is 0. The lowest BCUT2D eigenvalue weighted by atomic mass is 10.1. The molecule has 0 unspecified atom stereocenters. The van der Waals surface area contributed by atoms with Crippen molar-refractivity contribution >= 4 is 34.5 Å². The summed E-state index contributed by atoms with van der Waals surface area (Å²) in [5, 5.41) is 2.92. The van der Waals surface area contributed by atoms with E-state index in [2.05, 4.69) is 10.2 Å². The van der Waals surface area contributed by atoms with Crippen molar-refractivity contribution in [3.8, 4) is 11.5 Å². The number of aryl methyl sites for hydroxylation is 2. The number of para-hydroxylation sites is 2. The first-order valence-electron chi connectivity index (χ1n) is 11.8. The molecule has 0 aromatic heterocycles. The van der Waals surface area contributed by atoms with Crippen molar-refractivity contribution in [2.45, 2.75) is 13.8 Å². The molecule has 1 aliphatic heterocycles. The van der Waals surface area contributed by atoms with Crippen LogP contribution < -0.4 is 19.7 Å². The minimum Gasteiger partial charge on any atom is -0.493 e. The van der Waals surface area contributed by atoms with Crippen molar-refractivity contribution in [1.82, 2.24) is 4.90 Å². The van der Waals surface area contributed by atoms with E-state index in [4.69, 9.17) is 21.7 Å². The van der Waals surface area contributed by atoms with Crippen LogP contribution in [0.1, 0.15) is 16.7 Å². The molecule has 1 aliphatic rings. The van der Waals surface area contributed by atoms with E-state index in [1.54, 1.807) is 25.3 Å². The molecule has 36 heavy (non-hydrogen) atoms. The maximum absolute atomic E-state index is 14.1. The second-order valence-corrected chi connectivity index (χ2v) is 9.09. The van der Waals surface area contributed by atoms with Crippen molar-refractivity contribution < 1.29 is 18.7 Å². The number of amides is 1. The Morgan fingerprint density at radius 1 is 0.972 bits per heavy atom. The van der Waals surface area contributed by atoms with Gasteiger partial charge in [0, 0.05) is 37.4 Å². The molecule has 0 aliphatic carbocycles. The summed E-state index contributed by atoms with van der Waals surface area (Å²) in [5.41, 5.74) is 4.23. The Morgan fingerprint density at radius 3 is 2.33 bits per heavy atom. The fraction of sp³-hybridized carbons (Fsp3) is 0.286. The fourth-order valence-electron chi connectivity index (χ4n) is 4.29. The van der Waals surface area contributed by atoms with E-state index in [1.807, 2.05) is 55.1 Å². The molecule has 0 bridgehead atoms. The van der Waals surface area contributed by atoms with E-state index in [0.717, 1.165) is 22.4 Å². The number of rotatable bonds is 7. The van der Waals surface area contributed by atoms with Crippen LogP contribution in [0, 0.1) is 19.7 Å². The summed E-state index contributed by atoms with van der Waals surface area (Å²) in [6.45, 7) is 6.48. The first-order valence-corrected chi connectivity index (χ1v) is 12.2. The van der Waals surface area contributed by atoms with Gasteiger partial charge in [-0.2, -0.15) is 0 Å². The van der Waals surface area contributed by atoms with Crippen molar-refractivity contribution in [3.05, 3.63) is 83.2 Å². The van der Waals surface area contributed by atoms with Crippen molar-refractivity contribution in [1.29, 1.82) is 0 Å². The number of hydrogen-bond donors (Lipinski definition) is 1. The SMILES string of the molecule is COc1cc(C(=S)N2CCN(c3ccccc3F)CC2)ccc1OCC(=O)Nc1c(C)cccc1C. The number of nitrogens with zero attached hydrogens (tertiary/aromatic N) is 2. The van der Waals surface area contributed by atoms with Crippen LogP contribution in [-0.4, -0.2) is 55.7 Å². The summed E-state index contributed by atoms with van der Waals surface area (Å²) in [4.78, 5) is 17.3. The van der Waals surface area contributed by atoms with Crippen LogP contribution >= 0.6 is 12.2 Å². The highest BCUT2D eigenvalue weighted by molar-refractivity contribution is 7.80. The monoisotopic (exact) mass is 507 g/mol. The third-order valence-electron chi connectivity index (χ3n) is 6.27. The van der Waals surface area contributed by atoms with Crippen molar-refractivity contribution in [2.75, 3.05) is 50.1 Å². The normalized spacial score (nSPS) is 13.3. The second-order valence-electron chi connectivity index (χ2n) is 8.70. The number of benzene rings is 3. The number of carbonyl (C=O) groups excluding carboxylic acids is 1. The highest BCUT2D eigenvalue weighted by Crippen LogP contribution is 2.29. The molecule has 6 nitrogen and oxygen atoms in total. The van der Waals surface area contributed by atoms with Gasteiger partial charge in [-0.25, -0.2) is 4.39 Å². The number of hydrogen-bond acceptors (Lipinski definition) is 5. The van der Waals surface area contributed by atoms with E-state index in [1.165, 1.54) is 6.07 Å². The number of carbonyl (C=O) groups is 1. The van der Waals surface area contributed by atoms with E-state index in [0.29, 0.717) is 48.4 Å². The zero-order chi connectivity index (χ0) is 25.7. The quantitative estimate of drug-likeness (QED) is 0.456. The lowest BCUT2D eigenvalue weighted by Gasteiger charge is -2.37. The van der Waals surface area contributed by atoms with Gasteiger partial charge in [0.05, 0.1) is 12.8 Å². The lowest BCUT2D eigenvalue weighted by molar-refractivity contribution is -0.118. The standard InChI is InChI=1S/C28H30FN3O3S/c1-19-7-6-8-20(2)27(19)30-26(33)18-35-24-12-11-21(17-25(24)34-3)28(36)32-15-13-31(14-16-32)23-10-5-4-9-22(23)29/h4-12,17H,13-16,18H2,1-3H3,(H,30,33). The first kappa shape index (κ1) is 25.4. The summed E-state index contributed by atoms with van der Waals surface area (Å²) in [7, 11) is 1.55. The minimum atomic E-state index is -0.248. The van der Waals surface area contributed by atoms with Gasteiger partial charge in [0.1, 0.15) is 10.8 Å². The van der Waals surface area contributed by atoms with Gasteiger partial charge in [0.25, 0.3) is 5.91 Å². The van der Waals surface area contributed by atoms with Crippen LogP contribution in [0.4, 0.5) is 15.8 Å². The number of piperazine rings is 1. The molecular weight excluding hydrogens is 477 g/mol. The van der Waals surface area contributed by atoms with Gasteiger partial charge in [0.2, 0.25) is 0 Å². The molecule has 1 N–H and O–H groups in total. The van der Waals surface area contributed by atoms with E-state index < -0.39 is 0 Å². The number of nitrogens with one attached hydrogen (secondary N) is 1. The molecule has 3 aromatic rings. The second kappa shape index (κ2) is 11.4. The third kappa shape index (κ3) is 5.76. The molecule has 4 rings (SSSR count). The largest absolute Gasteiger partial charge is 0.493 e. The molecule has 188 valence electrons. The first-order chi connectivity index (χ1) is 17.4. The number of thiocarbonyl (C=S) groups is 1. The van der Waals surface area contributed by atoms with E-state index in [-0.39, 0.29) is 18.3 Å². The maximum atomic E-state index is 14.1. The third-order valence-corrected chi connectivity index (χ3v) is 6.77. The number of ether oxygens (including phenoxy) is 2. The van der Waals surface area contributed by atoms with Gasteiger partial charge in [-0.05, 0) is 55.3 Å². The predicted octanol–water partition coefficient (Wildman–Crippen LogP) is 4.97. The zero-order valence-corrected chi connectivity index (χ0v) is 21.5. The Hall–Kier alpha value is -3.65. The van der Waals surface area contributed by atoms with Crippen LogP contribution in [0.2, 0.25) is 0 Å². The van der Waals surface area contributed by atoms with Crippen LogP contribution in [0.3, 0.4) is 0 Å². The van der Waals surface area contributed by atoms with Gasteiger partial charge in [-0.15, -0.1) is 0 Å². The Bertz CT molecular complexity index is 1240. The molecule has 1 heterocycles. The molecule has 3 aromatic carbocycles. The molecule has 0 saturated carbocycles. The predicted molar refractivity (Wildman–Crippen MR) is 145 cm³/mol. The van der Waals surface area contributed by atoms with Crippen LogP contribution in [0.25, 0.3) is 0 Å². The summed E-state index contributed by atoms with van der Waals surface area (Å²) in [6, 6.07) is 18.1. The van der Waals surface area contributed by atoms with Gasteiger partial charge in [-0.1, -0.05) is 42.5 Å². The van der Waals surface area contributed by atoms with Crippen molar-refractivity contribution in [3.63, 3.8) is 0 Å². The van der Waals surface area contributed by atoms with Gasteiger partial charge in [-0.3, -0.25) is 4.79 Å². The molecule has 1 saturated heterocycles. The van der Waals surface area contributed by atoms with Gasteiger partial charge < -0.3 is 24.6 Å². The van der Waals surface area contributed by atoms with Gasteiger partial charge >= 0.3 is 0 Å². The fourth-order valence-corrected chi connectivity index (χ4v) is 4.60. The number of methoxy groups -OCH3 is 1. The van der Waals surface area contributed by atoms with E-state index in [9.17, 15) is 9.18 Å². The highest BCUT2D eigenvalue weighted by atomic mass is 32.1. The average molecular weight is 508 g/mol. The van der Waals surface area contributed by atoms with Crippen LogP contribution in [-0.2, 0) is 4.79 Å². The Labute approximate surface area is 216 Å². The topological polar surface area (TPSA) is 54.0 Å². The Balaban J connectivity index is 1.36. The highest BCUT2D eigenvalue weighted by Gasteiger charge is 2.22. The summed E-state index contributed by atoms with van der Waals surface area (Å²) in [5.74, 6) is 0.503. The summed E-state index contributed by atoms with van der Waals surface area (Å²) < 4.78 is 25.4. The lowest BCUT2D eigenvalue weighted by Crippen LogP contribution is -2.48. The molecular formula is C28H30FN3O3S. The van der Waals surface area contributed by atoms with Crippen molar-refractivity contribution in [2.24, 2.45) is 0 Å². The molecule has 8 heteroatoms. The number of anilines is 2. The zero-order valence-electron chi connectivity index (χ0n) is 20.7.